The first-order valence-electron chi connectivity index (χ1n) is 5.14. The van der Waals surface area contributed by atoms with Gasteiger partial charge in [-0.25, -0.2) is 0 Å². The molecule has 1 N–H and O–H groups in total. The minimum absolute atomic E-state index is 0.271. The zero-order valence-corrected chi connectivity index (χ0v) is 10.6. The highest BCUT2D eigenvalue weighted by molar-refractivity contribution is 9.10. The van der Waals surface area contributed by atoms with Crippen LogP contribution >= 0.6 is 15.9 Å². The molecule has 1 unspecified atom stereocenters. The summed E-state index contributed by atoms with van der Waals surface area (Å²) in [6.45, 7) is 2.83. The van der Waals surface area contributed by atoms with E-state index in [-0.39, 0.29) is 6.04 Å². The van der Waals surface area contributed by atoms with Crippen molar-refractivity contribution < 1.29 is 4.52 Å². The first-order valence-corrected chi connectivity index (χ1v) is 5.94. The van der Waals surface area contributed by atoms with Crippen LogP contribution in [0, 0.1) is 0 Å². The molecule has 0 saturated heterocycles. The highest BCUT2D eigenvalue weighted by atomic mass is 79.9. The lowest BCUT2D eigenvalue weighted by atomic mass is 10.1. The Bertz CT molecular complexity index is 442. The van der Waals surface area contributed by atoms with Crippen molar-refractivity contribution in [3.8, 4) is 0 Å². The van der Waals surface area contributed by atoms with Gasteiger partial charge in [0.1, 0.15) is 6.26 Å². The summed E-state index contributed by atoms with van der Waals surface area (Å²) in [5.41, 5.74) is 2.16. The van der Waals surface area contributed by atoms with Gasteiger partial charge in [0, 0.05) is 23.1 Å². The fourth-order valence-electron chi connectivity index (χ4n) is 1.52. The Kier molecular flexibility index (Phi) is 3.74. The lowest BCUT2D eigenvalue weighted by Gasteiger charge is -2.14. The summed E-state index contributed by atoms with van der Waals surface area (Å²) in [4.78, 5) is 0. The summed E-state index contributed by atoms with van der Waals surface area (Å²) < 4.78 is 5.90. The second kappa shape index (κ2) is 5.27. The average Bonchev–Trinajstić information content (AvgIpc) is 2.79. The SMILES string of the molecule is CC(NCc1ccon1)c1ccccc1Br. The number of rotatable bonds is 4. The Labute approximate surface area is 103 Å². The van der Waals surface area contributed by atoms with Crippen molar-refractivity contribution in [2.75, 3.05) is 0 Å². The molecular weight excluding hydrogens is 268 g/mol. The van der Waals surface area contributed by atoms with Crippen molar-refractivity contribution >= 4 is 15.9 Å². The van der Waals surface area contributed by atoms with E-state index < -0.39 is 0 Å². The van der Waals surface area contributed by atoms with Gasteiger partial charge in [0.15, 0.2) is 0 Å². The Hall–Kier alpha value is -1.13. The monoisotopic (exact) mass is 280 g/mol. The fraction of sp³-hybridized carbons (Fsp3) is 0.250. The van der Waals surface area contributed by atoms with E-state index in [1.165, 1.54) is 5.56 Å². The van der Waals surface area contributed by atoms with E-state index in [9.17, 15) is 0 Å². The third-order valence-corrected chi connectivity index (χ3v) is 3.17. The van der Waals surface area contributed by atoms with Gasteiger partial charge in [-0.1, -0.05) is 39.3 Å². The third kappa shape index (κ3) is 2.71. The van der Waals surface area contributed by atoms with Crippen molar-refractivity contribution in [3.63, 3.8) is 0 Å². The molecule has 0 aliphatic carbocycles. The maximum atomic E-state index is 4.78. The van der Waals surface area contributed by atoms with Gasteiger partial charge in [-0.15, -0.1) is 0 Å². The second-order valence-corrected chi connectivity index (χ2v) is 4.47. The highest BCUT2D eigenvalue weighted by Gasteiger charge is 2.08. The molecule has 1 heterocycles. The van der Waals surface area contributed by atoms with Crippen molar-refractivity contribution in [1.82, 2.24) is 10.5 Å². The van der Waals surface area contributed by atoms with Gasteiger partial charge in [0.2, 0.25) is 0 Å². The molecule has 4 heteroatoms. The zero-order chi connectivity index (χ0) is 11.4. The molecule has 0 radical (unpaired) electrons. The number of halogens is 1. The molecule has 1 atom stereocenters. The average molecular weight is 281 g/mol. The summed E-state index contributed by atoms with van der Waals surface area (Å²) in [5, 5.41) is 7.24. The summed E-state index contributed by atoms with van der Waals surface area (Å²) in [6, 6.07) is 10.3. The molecule has 16 heavy (non-hydrogen) atoms. The highest BCUT2D eigenvalue weighted by Crippen LogP contribution is 2.22. The minimum atomic E-state index is 0.271. The maximum absolute atomic E-state index is 4.78. The summed E-state index contributed by atoms with van der Waals surface area (Å²) in [5.74, 6) is 0. The van der Waals surface area contributed by atoms with Gasteiger partial charge < -0.3 is 9.84 Å². The van der Waals surface area contributed by atoms with Crippen LogP contribution in [0.2, 0.25) is 0 Å². The Morgan fingerprint density at radius 2 is 2.19 bits per heavy atom. The smallest absolute Gasteiger partial charge is 0.124 e. The molecule has 0 amide bonds. The normalized spacial score (nSPS) is 12.6. The molecule has 1 aromatic heterocycles. The molecular formula is C12H13BrN2O. The molecule has 0 saturated carbocycles. The number of hydrogen-bond acceptors (Lipinski definition) is 3. The van der Waals surface area contributed by atoms with E-state index in [2.05, 4.69) is 39.4 Å². The van der Waals surface area contributed by atoms with Gasteiger partial charge in [0.05, 0.1) is 5.69 Å². The maximum Gasteiger partial charge on any atom is 0.124 e. The van der Waals surface area contributed by atoms with Crippen molar-refractivity contribution in [1.29, 1.82) is 0 Å². The molecule has 2 rings (SSSR count). The Morgan fingerprint density at radius 3 is 2.88 bits per heavy atom. The molecule has 3 nitrogen and oxygen atoms in total. The molecule has 0 aliphatic rings. The van der Waals surface area contributed by atoms with Crippen LogP contribution in [0.3, 0.4) is 0 Å². The molecule has 0 fully saturated rings. The number of benzene rings is 1. The Balaban J connectivity index is 1.98. The van der Waals surface area contributed by atoms with Gasteiger partial charge in [0.25, 0.3) is 0 Å². The largest absolute Gasteiger partial charge is 0.364 e. The zero-order valence-electron chi connectivity index (χ0n) is 8.98. The molecule has 0 spiro atoms. The predicted molar refractivity (Wildman–Crippen MR) is 65.9 cm³/mol. The summed E-state index contributed by atoms with van der Waals surface area (Å²) in [6.07, 6.45) is 1.58. The van der Waals surface area contributed by atoms with Crippen LogP contribution in [-0.4, -0.2) is 5.16 Å². The topological polar surface area (TPSA) is 38.1 Å². The number of nitrogens with one attached hydrogen (secondary N) is 1. The van der Waals surface area contributed by atoms with E-state index in [1.807, 2.05) is 24.3 Å². The quantitative estimate of drug-likeness (QED) is 0.934. The van der Waals surface area contributed by atoms with Crippen molar-refractivity contribution in [2.24, 2.45) is 0 Å². The van der Waals surface area contributed by atoms with E-state index in [1.54, 1.807) is 6.26 Å². The lowest BCUT2D eigenvalue weighted by molar-refractivity contribution is 0.406. The molecule has 1 aromatic carbocycles. The van der Waals surface area contributed by atoms with E-state index in [0.717, 1.165) is 10.2 Å². The second-order valence-electron chi connectivity index (χ2n) is 3.61. The summed E-state index contributed by atoms with van der Waals surface area (Å²) >= 11 is 3.54. The molecule has 2 aromatic rings. The van der Waals surface area contributed by atoms with Crippen molar-refractivity contribution in [2.45, 2.75) is 19.5 Å². The molecule has 0 bridgehead atoms. The predicted octanol–water partition coefficient (Wildman–Crippen LogP) is 3.29. The van der Waals surface area contributed by atoms with Crippen LogP contribution in [-0.2, 0) is 6.54 Å². The fourth-order valence-corrected chi connectivity index (χ4v) is 2.15. The van der Waals surface area contributed by atoms with Crippen LogP contribution in [0.4, 0.5) is 0 Å². The Morgan fingerprint density at radius 1 is 1.38 bits per heavy atom. The van der Waals surface area contributed by atoms with Crippen LogP contribution < -0.4 is 5.32 Å². The first kappa shape index (κ1) is 11.4. The van der Waals surface area contributed by atoms with Crippen LogP contribution in [0.5, 0.6) is 0 Å². The van der Waals surface area contributed by atoms with Crippen LogP contribution in [0.1, 0.15) is 24.2 Å². The standard InChI is InChI=1S/C12H13BrN2O/c1-9(11-4-2-3-5-12(11)13)14-8-10-6-7-16-15-10/h2-7,9,14H,8H2,1H3. The van der Waals surface area contributed by atoms with E-state index in [4.69, 9.17) is 4.52 Å². The first-order chi connectivity index (χ1) is 7.77. The third-order valence-electron chi connectivity index (χ3n) is 2.45. The van der Waals surface area contributed by atoms with Crippen LogP contribution in [0.25, 0.3) is 0 Å². The lowest BCUT2D eigenvalue weighted by Crippen LogP contribution is -2.18. The number of hydrogen-bond donors (Lipinski definition) is 1. The van der Waals surface area contributed by atoms with Gasteiger partial charge in [-0.2, -0.15) is 0 Å². The van der Waals surface area contributed by atoms with Gasteiger partial charge in [-0.05, 0) is 18.6 Å². The van der Waals surface area contributed by atoms with Crippen molar-refractivity contribution in [3.05, 3.63) is 52.3 Å². The van der Waals surface area contributed by atoms with Gasteiger partial charge >= 0.3 is 0 Å². The molecule has 0 aliphatic heterocycles. The minimum Gasteiger partial charge on any atom is -0.364 e. The summed E-state index contributed by atoms with van der Waals surface area (Å²) in [7, 11) is 0. The number of aromatic nitrogens is 1. The van der Waals surface area contributed by atoms with Crippen LogP contribution in [0.15, 0.2) is 45.6 Å². The number of nitrogens with zero attached hydrogens (tertiary/aromatic N) is 1. The van der Waals surface area contributed by atoms with Gasteiger partial charge in [-0.3, -0.25) is 0 Å². The van der Waals surface area contributed by atoms with E-state index in [0.29, 0.717) is 6.54 Å². The van der Waals surface area contributed by atoms with E-state index >= 15 is 0 Å². The molecule has 84 valence electrons.